The number of piperidine rings is 1. The average molecular weight is 385 g/mol. The molecule has 4 heterocycles. The van der Waals surface area contributed by atoms with Crippen molar-refractivity contribution in [1.29, 1.82) is 0 Å². The van der Waals surface area contributed by atoms with Gasteiger partial charge in [-0.1, -0.05) is 6.92 Å². The highest BCUT2D eigenvalue weighted by Gasteiger charge is 2.25. The number of anilines is 1. The molecule has 4 rings (SSSR count). The third kappa shape index (κ3) is 3.36. The number of aromatic nitrogens is 6. The van der Waals surface area contributed by atoms with Gasteiger partial charge in [0.25, 0.3) is 11.7 Å². The second-order valence-corrected chi connectivity index (χ2v) is 7.15. The highest BCUT2D eigenvalue weighted by Crippen LogP contribution is 2.28. The van der Waals surface area contributed by atoms with Crippen LogP contribution in [0.1, 0.15) is 36.7 Å². The number of rotatable bonds is 5. The lowest BCUT2D eigenvalue weighted by molar-refractivity contribution is 0.206. The SMILES string of the molecule is CCc1ncnc(OCC2CCN(c3c(C)c(C)nc4ncnn34)CC2)c1F. The molecule has 1 saturated heterocycles. The van der Waals surface area contributed by atoms with Gasteiger partial charge in [0.05, 0.1) is 12.3 Å². The fourth-order valence-electron chi connectivity index (χ4n) is 3.63. The van der Waals surface area contributed by atoms with Gasteiger partial charge in [-0.3, -0.25) is 0 Å². The summed E-state index contributed by atoms with van der Waals surface area (Å²) >= 11 is 0. The van der Waals surface area contributed by atoms with E-state index >= 15 is 0 Å². The topological polar surface area (TPSA) is 81.3 Å². The van der Waals surface area contributed by atoms with E-state index in [0.717, 1.165) is 43.0 Å². The number of ether oxygens (including phenoxy) is 1. The van der Waals surface area contributed by atoms with Crippen molar-refractivity contribution in [3.05, 3.63) is 35.4 Å². The minimum atomic E-state index is -0.445. The Morgan fingerprint density at radius 1 is 1.14 bits per heavy atom. The Balaban J connectivity index is 1.42. The zero-order valence-corrected chi connectivity index (χ0v) is 16.4. The van der Waals surface area contributed by atoms with E-state index in [-0.39, 0.29) is 5.88 Å². The van der Waals surface area contributed by atoms with Crippen molar-refractivity contribution in [1.82, 2.24) is 29.5 Å². The molecule has 8 nitrogen and oxygen atoms in total. The number of aryl methyl sites for hydroxylation is 2. The van der Waals surface area contributed by atoms with Gasteiger partial charge in [0.15, 0.2) is 0 Å². The molecular weight excluding hydrogens is 361 g/mol. The zero-order chi connectivity index (χ0) is 19.7. The Hall–Kier alpha value is -2.84. The lowest BCUT2D eigenvalue weighted by Crippen LogP contribution is -2.37. The fourth-order valence-corrected chi connectivity index (χ4v) is 3.63. The van der Waals surface area contributed by atoms with Gasteiger partial charge in [-0.25, -0.2) is 9.97 Å². The normalized spacial score (nSPS) is 15.4. The van der Waals surface area contributed by atoms with Crippen LogP contribution in [0, 0.1) is 25.6 Å². The average Bonchev–Trinajstić information content (AvgIpc) is 3.16. The van der Waals surface area contributed by atoms with Crippen molar-refractivity contribution >= 4 is 11.6 Å². The van der Waals surface area contributed by atoms with E-state index in [1.807, 2.05) is 18.4 Å². The molecular formula is C19H24FN7O. The van der Waals surface area contributed by atoms with Gasteiger partial charge >= 0.3 is 0 Å². The van der Waals surface area contributed by atoms with E-state index in [0.29, 0.717) is 30.4 Å². The Labute approximate surface area is 162 Å². The monoisotopic (exact) mass is 385 g/mol. The molecule has 3 aromatic heterocycles. The Morgan fingerprint density at radius 2 is 1.93 bits per heavy atom. The number of halogens is 1. The maximum Gasteiger partial charge on any atom is 0.254 e. The summed E-state index contributed by atoms with van der Waals surface area (Å²) in [5.41, 5.74) is 2.47. The van der Waals surface area contributed by atoms with Gasteiger partial charge in [0, 0.05) is 24.3 Å². The molecule has 3 aromatic rings. The van der Waals surface area contributed by atoms with Crippen molar-refractivity contribution in [3.8, 4) is 5.88 Å². The van der Waals surface area contributed by atoms with Crippen molar-refractivity contribution in [2.24, 2.45) is 5.92 Å². The second kappa shape index (κ2) is 7.65. The maximum atomic E-state index is 14.2. The number of hydrogen-bond donors (Lipinski definition) is 0. The lowest BCUT2D eigenvalue weighted by Gasteiger charge is -2.34. The summed E-state index contributed by atoms with van der Waals surface area (Å²) < 4.78 is 21.7. The third-order valence-corrected chi connectivity index (χ3v) is 5.41. The molecule has 0 radical (unpaired) electrons. The van der Waals surface area contributed by atoms with Gasteiger partial charge in [-0.2, -0.15) is 24.0 Å². The van der Waals surface area contributed by atoms with Crippen LogP contribution in [0.25, 0.3) is 5.78 Å². The molecule has 9 heteroatoms. The van der Waals surface area contributed by atoms with Crippen LogP contribution < -0.4 is 9.64 Å². The van der Waals surface area contributed by atoms with Gasteiger partial charge in [0.1, 0.15) is 18.5 Å². The molecule has 0 amide bonds. The van der Waals surface area contributed by atoms with Crippen LogP contribution in [0.5, 0.6) is 5.88 Å². The molecule has 0 aliphatic carbocycles. The summed E-state index contributed by atoms with van der Waals surface area (Å²) in [7, 11) is 0. The molecule has 28 heavy (non-hydrogen) atoms. The molecule has 1 aliphatic rings. The number of hydrogen-bond acceptors (Lipinski definition) is 7. The zero-order valence-electron chi connectivity index (χ0n) is 16.4. The van der Waals surface area contributed by atoms with E-state index in [4.69, 9.17) is 4.74 Å². The van der Waals surface area contributed by atoms with Gasteiger partial charge in [0.2, 0.25) is 5.82 Å². The van der Waals surface area contributed by atoms with Crippen molar-refractivity contribution in [3.63, 3.8) is 0 Å². The molecule has 0 saturated carbocycles. The summed E-state index contributed by atoms with van der Waals surface area (Å²) in [4.78, 5) is 18.9. The highest BCUT2D eigenvalue weighted by atomic mass is 19.1. The van der Waals surface area contributed by atoms with E-state index in [2.05, 4.69) is 36.9 Å². The summed E-state index contributed by atoms with van der Waals surface area (Å²) in [6.07, 6.45) is 5.31. The standard InChI is InChI=1S/C19H24FN7O/c1-4-15-16(20)17(22-10-21-15)28-9-14-5-7-26(8-6-14)18-12(2)13(3)25-19-23-11-24-27(18)19/h10-11,14H,4-9H2,1-3H3. The van der Waals surface area contributed by atoms with Crippen LogP contribution in [0.2, 0.25) is 0 Å². The van der Waals surface area contributed by atoms with Crippen LogP contribution in [0.15, 0.2) is 12.7 Å². The van der Waals surface area contributed by atoms with Crippen molar-refractivity contribution in [2.75, 3.05) is 24.6 Å². The van der Waals surface area contributed by atoms with Crippen LogP contribution in [0.4, 0.5) is 10.2 Å². The third-order valence-electron chi connectivity index (χ3n) is 5.41. The molecule has 0 unspecified atom stereocenters. The first kappa shape index (κ1) is 18.5. The Morgan fingerprint density at radius 3 is 2.68 bits per heavy atom. The van der Waals surface area contributed by atoms with Gasteiger partial charge in [-0.15, -0.1) is 0 Å². The first-order valence-corrected chi connectivity index (χ1v) is 9.62. The van der Waals surface area contributed by atoms with Gasteiger partial charge < -0.3 is 9.64 Å². The summed E-state index contributed by atoms with van der Waals surface area (Å²) in [6.45, 7) is 8.13. The maximum absolute atomic E-state index is 14.2. The Kier molecular flexibility index (Phi) is 5.06. The fraction of sp³-hybridized carbons (Fsp3) is 0.526. The number of fused-ring (bicyclic) bond motifs is 1. The van der Waals surface area contributed by atoms with Crippen molar-refractivity contribution in [2.45, 2.75) is 40.0 Å². The minimum absolute atomic E-state index is 0.0548. The first-order chi connectivity index (χ1) is 13.6. The lowest BCUT2D eigenvalue weighted by atomic mass is 9.97. The smallest absolute Gasteiger partial charge is 0.254 e. The molecule has 0 spiro atoms. The van der Waals surface area contributed by atoms with E-state index in [1.54, 1.807) is 0 Å². The Bertz CT molecular complexity index is 982. The van der Waals surface area contributed by atoms with Crippen LogP contribution in [-0.2, 0) is 6.42 Å². The molecule has 1 aliphatic heterocycles. The summed E-state index contributed by atoms with van der Waals surface area (Å²) in [5.74, 6) is 1.63. The molecule has 0 bridgehead atoms. The predicted octanol–water partition coefficient (Wildman–Crippen LogP) is 2.53. The highest BCUT2D eigenvalue weighted by molar-refractivity contribution is 5.54. The molecule has 1 fully saturated rings. The quantitative estimate of drug-likeness (QED) is 0.667. The van der Waals surface area contributed by atoms with Crippen LogP contribution >= 0.6 is 0 Å². The van der Waals surface area contributed by atoms with E-state index in [1.165, 1.54) is 12.7 Å². The summed E-state index contributed by atoms with van der Waals surface area (Å²) in [6, 6.07) is 0. The van der Waals surface area contributed by atoms with Crippen LogP contribution in [0.3, 0.4) is 0 Å². The van der Waals surface area contributed by atoms with Crippen LogP contribution in [-0.4, -0.2) is 49.2 Å². The minimum Gasteiger partial charge on any atom is -0.475 e. The number of nitrogens with zero attached hydrogens (tertiary/aromatic N) is 7. The predicted molar refractivity (Wildman–Crippen MR) is 102 cm³/mol. The van der Waals surface area contributed by atoms with Gasteiger partial charge in [-0.05, 0) is 39.0 Å². The second-order valence-electron chi connectivity index (χ2n) is 7.15. The first-order valence-electron chi connectivity index (χ1n) is 9.62. The largest absolute Gasteiger partial charge is 0.475 e. The molecule has 0 N–H and O–H groups in total. The summed E-state index contributed by atoms with van der Waals surface area (Å²) in [5, 5.41) is 4.34. The van der Waals surface area contributed by atoms with E-state index < -0.39 is 5.82 Å². The molecule has 148 valence electrons. The molecule has 0 atom stereocenters. The molecule has 0 aromatic carbocycles. The van der Waals surface area contributed by atoms with E-state index in [9.17, 15) is 4.39 Å². The van der Waals surface area contributed by atoms with Crippen molar-refractivity contribution < 1.29 is 9.13 Å².